The zero-order valence-electron chi connectivity index (χ0n) is 19.2. The number of benzene rings is 2. The van der Waals surface area contributed by atoms with Crippen molar-refractivity contribution < 1.29 is 13.9 Å². The lowest BCUT2D eigenvalue weighted by molar-refractivity contribution is 0.259. The van der Waals surface area contributed by atoms with Crippen LogP contribution in [0, 0.1) is 11.7 Å². The maximum Gasteiger partial charge on any atom is 0.169 e. The monoisotopic (exact) mass is 532 g/mol. The summed E-state index contributed by atoms with van der Waals surface area (Å²) < 4.78 is 30.3. The minimum Gasteiger partial charge on any atom is -0.392 e. The quantitative estimate of drug-likeness (QED) is 0.344. The first-order valence-corrected chi connectivity index (χ1v) is 13.0. The minimum atomic E-state index is -0.510. The number of nitrogens with zero attached hydrogens (tertiary/aromatic N) is 2. The van der Waals surface area contributed by atoms with E-state index in [1.165, 1.54) is 23.9 Å². The second-order valence-electron chi connectivity index (χ2n) is 9.44. The fraction of sp³-hybridized carbons (Fsp3) is 0.296. The molecular formula is C27H24Cl2F2N2OS. The molecule has 2 heterocycles. The summed E-state index contributed by atoms with van der Waals surface area (Å²) in [6.07, 6.45) is 7.74. The molecule has 35 heavy (non-hydrogen) atoms. The molecule has 0 saturated heterocycles. The first-order valence-electron chi connectivity index (χ1n) is 11.3. The predicted octanol–water partition coefficient (Wildman–Crippen LogP) is 7.58. The van der Waals surface area contributed by atoms with Gasteiger partial charge in [0.15, 0.2) is 5.16 Å². The molecule has 3 aromatic rings. The maximum atomic E-state index is 14.2. The summed E-state index contributed by atoms with van der Waals surface area (Å²) in [5.74, 6) is -0.235. The van der Waals surface area contributed by atoms with E-state index in [1.54, 1.807) is 24.3 Å². The lowest BCUT2D eigenvalue weighted by atomic mass is 9.70. The highest BCUT2D eigenvalue weighted by Crippen LogP contribution is 2.56. The van der Waals surface area contributed by atoms with E-state index >= 15 is 0 Å². The van der Waals surface area contributed by atoms with Crippen LogP contribution in [0.25, 0.3) is 0 Å². The van der Waals surface area contributed by atoms with Crippen LogP contribution in [0.5, 0.6) is 0 Å². The van der Waals surface area contributed by atoms with Gasteiger partial charge in [0.1, 0.15) is 11.6 Å². The van der Waals surface area contributed by atoms with Crippen LogP contribution in [0.1, 0.15) is 42.7 Å². The number of fused-ring (bicyclic) bond motifs is 2. The van der Waals surface area contributed by atoms with Gasteiger partial charge in [-0.2, -0.15) is 0 Å². The van der Waals surface area contributed by atoms with Gasteiger partial charge in [0, 0.05) is 28.3 Å². The number of halogens is 4. The number of rotatable bonds is 5. The van der Waals surface area contributed by atoms with Crippen molar-refractivity contribution in [2.45, 2.75) is 48.7 Å². The molecule has 2 aliphatic rings. The van der Waals surface area contributed by atoms with E-state index < -0.39 is 16.8 Å². The Morgan fingerprint density at radius 3 is 2.69 bits per heavy atom. The van der Waals surface area contributed by atoms with Gasteiger partial charge in [-0.3, -0.25) is 0 Å². The molecule has 2 aromatic carbocycles. The highest BCUT2D eigenvalue weighted by Gasteiger charge is 2.54. The lowest BCUT2D eigenvalue weighted by Gasteiger charge is -2.37. The van der Waals surface area contributed by atoms with Gasteiger partial charge in [0.05, 0.1) is 28.4 Å². The van der Waals surface area contributed by atoms with E-state index in [-0.39, 0.29) is 23.9 Å². The Kier molecular flexibility index (Phi) is 6.37. The summed E-state index contributed by atoms with van der Waals surface area (Å²) >= 11 is 14.1. The summed E-state index contributed by atoms with van der Waals surface area (Å²) in [6.45, 7) is 3.83. The van der Waals surface area contributed by atoms with Crippen LogP contribution in [-0.4, -0.2) is 14.7 Å². The number of hydrogen-bond donors (Lipinski definition) is 1. The fourth-order valence-corrected chi connectivity index (χ4v) is 6.65. The largest absolute Gasteiger partial charge is 0.392 e. The van der Waals surface area contributed by atoms with Crippen LogP contribution in [-0.2, 0) is 23.3 Å². The standard InChI is InChI=1S/C27H24Cl2F2N2OS/c1-16-9-20(30)7-8-27(16)15-26(2,19-4-5-21(28)22(29)11-19)24-12-32-25(33(24)27)35-14-17-3-6-23(31)18(10-17)13-34/h3-12,16,34H,13-15H2,1-2H3/t16-,26?,27?/m0/s1. The molecule has 182 valence electrons. The van der Waals surface area contributed by atoms with Crippen molar-refractivity contribution in [3.05, 3.63) is 105 Å². The Hall–Kier alpha value is -2.12. The number of hydrogen-bond acceptors (Lipinski definition) is 3. The van der Waals surface area contributed by atoms with Crippen LogP contribution in [0.3, 0.4) is 0 Å². The van der Waals surface area contributed by atoms with Crippen molar-refractivity contribution in [1.29, 1.82) is 0 Å². The van der Waals surface area contributed by atoms with E-state index in [9.17, 15) is 13.9 Å². The van der Waals surface area contributed by atoms with Gasteiger partial charge in [-0.15, -0.1) is 0 Å². The number of aromatic nitrogens is 2. The molecular weight excluding hydrogens is 509 g/mol. The van der Waals surface area contributed by atoms with Crippen LogP contribution in [0.15, 0.2) is 71.8 Å². The molecule has 0 fully saturated rings. The lowest BCUT2D eigenvalue weighted by Crippen LogP contribution is -2.37. The molecule has 3 nitrogen and oxygen atoms in total. The molecule has 0 saturated carbocycles. The third-order valence-electron chi connectivity index (χ3n) is 7.28. The highest BCUT2D eigenvalue weighted by atomic mass is 35.5. The molecule has 1 aliphatic carbocycles. The van der Waals surface area contributed by atoms with Gasteiger partial charge in [0.2, 0.25) is 0 Å². The maximum absolute atomic E-state index is 14.2. The Labute approximate surface area is 217 Å². The van der Waals surface area contributed by atoms with Gasteiger partial charge in [0.25, 0.3) is 0 Å². The van der Waals surface area contributed by atoms with Gasteiger partial charge in [-0.1, -0.05) is 60.1 Å². The molecule has 1 N–H and O–H groups in total. The SMILES string of the molecule is C[C@H]1C=C(F)C=CC12CC(C)(c1ccc(Cl)c(Cl)c1)c1cnc(SCc3ccc(F)c(CO)c3)n12. The molecule has 0 amide bonds. The van der Waals surface area contributed by atoms with Crippen molar-refractivity contribution >= 4 is 35.0 Å². The Bertz CT molecular complexity index is 1370. The summed E-state index contributed by atoms with van der Waals surface area (Å²) in [7, 11) is 0. The van der Waals surface area contributed by atoms with Gasteiger partial charge in [-0.25, -0.2) is 13.8 Å². The molecule has 1 aromatic heterocycles. The number of imidazole rings is 1. The topological polar surface area (TPSA) is 38.1 Å². The molecule has 0 bridgehead atoms. The number of aliphatic hydroxyl groups excluding tert-OH is 1. The third kappa shape index (κ3) is 4.05. The predicted molar refractivity (Wildman–Crippen MR) is 137 cm³/mol. The first kappa shape index (κ1) is 24.6. The van der Waals surface area contributed by atoms with Crippen LogP contribution in [0.2, 0.25) is 10.0 Å². The molecule has 0 radical (unpaired) electrons. The Morgan fingerprint density at radius 2 is 1.97 bits per heavy atom. The Balaban J connectivity index is 1.58. The second-order valence-corrected chi connectivity index (χ2v) is 11.2. The molecule has 1 spiro atoms. The summed E-state index contributed by atoms with van der Waals surface area (Å²) in [4.78, 5) is 4.77. The molecule has 2 unspecified atom stereocenters. The van der Waals surface area contributed by atoms with Crippen LogP contribution < -0.4 is 0 Å². The van der Waals surface area contributed by atoms with Crippen molar-refractivity contribution in [1.82, 2.24) is 9.55 Å². The first-order chi connectivity index (χ1) is 16.7. The number of thioether (sulfide) groups is 1. The average molecular weight is 533 g/mol. The number of aliphatic hydroxyl groups is 1. The second kappa shape index (κ2) is 9.07. The van der Waals surface area contributed by atoms with Crippen molar-refractivity contribution in [3.8, 4) is 0 Å². The molecule has 1 aliphatic heterocycles. The summed E-state index contributed by atoms with van der Waals surface area (Å²) in [5.41, 5.74) is 2.24. The van der Waals surface area contributed by atoms with Gasteiger partial charge < -0.3 is 9.67 Å². The van der Waals surface area contributed by atoms with E-state index in [4.69, 9.17) is 28.2 Å². The molecule has 5 rings (SSSR count). The zero-order valence-corrected chi connectivity index (χ0v) is 21.6. The molecule has 3 atom stereocenters. The summed E-state index contributed by atoms with van der Waals surface area (Å²) in [5, 5.41) is 11.2. The Morgan fingerprint density at radius 1 is 1.17 bits per heavy atom. The van der Waals surface area contributed by atoms with E-state index in [1.807, 2.05) is 31.3 Å². The van der Waals surface area contributed by atoms with Crippen LogP contribution >= 0.6 is 35.0 Å². The summed E-state index contributed by atoms with van der Waals surface area (Å²) in [6, 6.07) is 10.5. The molecule has 8 heteroatoms. The number of allylic oxidation sites excluding steroid dienone is 4. The van der Waals surface area contributed by atoms with Crippen LogP contribution in [0.4, 0.5) is 8.78 Å². The van der Waals surface area contributed by atoms with Crippen molar-refractivity contribution in [2.24, 2.45) is 5.92 Å². The van der Waals surface area contributed by atoms with E-state index in [0.29, 0.717) is 22.2 Å². The van der Waals surface area contributed by atoms with Gasteiger partial charge >= 0.3 is 0 Å². The van der Waals surface area contributed by atoms with Crippen molar-refractivity contribution in [2.75, 3.05) is 0 Å². The third-order valence-corrected chi connectivity index (χ3v) is 9.04. The average Bonchev–Trinajstić information content (AvgIpc) is 3.37. The minimum absolute atomic E-state index is 0.115. The van der Waals surface area contributed by atoms with E-state index in [0.717, 1.165) is 22.0 Å². The highest BCUT2D eigenvalue weighted by molar-refractivity contribution is 7.98. The van der Waals surface area contributed by atoms with Crippen molar-refractivity contribution in [3.63, 3.8) is 0 Å². The smallest absolute Gasteiger partial charge is 0.169 e. The van der Waals surface area contributed by atoms with Gasteiger partial charge in [-0.05, 0) is 60.9 Å². The zero-order chi connectivity index (χ0) is 25.0. The normalized spacial score (nSPS) is 25.2. The fourth-order valence-electron chi connectivity index (χ4n) is 5.35. The van der Waals surface area contributed by atoms with E-state index in [2.05, 4.69) is 11.5 Å².